The van der Waals surface area contributed by atoms with Crippen molar-refractivity contribution >= 4 is 5.97 Å². The Morgan fingerprint density at radius 2 is 2.11 bits per heavy atom. The quantitative estimate of drug-likeness (QED) is 0.762. The molecule has 0 spiro atoms. The fourth-order valence-electron chi connectivity index (χ4n) is 2.62. The SMILES string of the molecule is CCOC(=O)C(C)(N)CN1CCCC(CC)CC1. The molecule has 0 bridgehead atoms. The predicted octanol–water partition coefficient (Wildman–Crippen LogP) is 1.78. The molecule has 0 saturated carbocycles. The van der Waals surface area contributed by atoms with Gasteiger partial charge >= 0.3 is 5.97 Å². The maximum absolute atomic E-state index is 11.8. The van der Waals surface area contributed by atoms with Crippen molar-refractivity contribution in [3.05, 3.63) is 0 Å². The highest BCUT2D eigenvalue weighted by Gasteiger charge is 2.32. The molecule has 18 heavy (non-hydrogen) atoms. The zero-order valence-corrected chi connectivity index (χ0v) is 12.1. The van der Waals surface area contributed by atoms with E-state index in [9.17, 15) is 4.79 Å². The van der Waals surface area contributed by atoms with Crippen molar-refractivity contribution in [1.82, 2.24) is 4.90 Å². The summed E-state index contributed by atoms with van der Waals surface area (Å²) in [5.74, 6) is 0.544. The molecule has 0 aromatic rings. The molecule has 2 atom stereocenters. The predicted molar refractivity (Wildman–Crippen MR) is 73.3 cm³/mol. The van der Waals surface area contributed by atoms with Gasteiger partial charge in [-0.15, -0.1) is 0 Å². The van der Waals surface area contributed by atoms with E-state index < -0.39 is 5.54 Å². The minimum Gasteiger partial charge on any atom is -0.465 e. The lowest BCUT2D eigenvalue weighted by atomic mass is 9.98. The average Bonchev–Trinajstić information content (AvgIpc) is 2.54. The highest BCUT2D eigenvalue weighted by atomic mass is 16.5. The number of esters is 1. The summed E-state index contributed by atoms with van der Waals surface area (Å²) in [4.78, 5) is 14.1. The van der Waals surface area contributed by atoms with Crippen LogP contribution in [0, 0.1) is 5.92 Å². The van der Waals surface area contributed by atoms with E-state index in [-0.39, 0.29) is 5.97 Å². The topological polar surface area (TPSA) is 55.6 Å². The Morgan fingerprint density at radius 1 is 1.39 bits per heavy atom. The van der Waals surface area contributed by atoms with E-state index >= 15 is 0 Å². The summed E-state index contributed by atoms with van der Waals surface area (Å²) in [5.41, 5.74) is 5.19. The van der Waals surface area contributed by atoms with Crippen LogP contribution >= 0.6 is 0 Å². The molecule has 1 aliphatic heterocycles. The molecule has 4 nitrogen and oxygen atoms in total. The molecule has 1 aliphatic rings. The smallest absolute Gasteiger partial charge is 0.327 e. The first-order chi connectivity index (χ1) is 8.49. The van der Waals surface area contributed by atoms with Gasteiger partial charge in [0.1, 0.15) is 5.54 Å². The molecule has 0 aliphatic carbocycles. The van der Waals surface area contributed by atoms with Gasteiger partial charge in [0.25, 0.3) is 0 Å². The third kappa shape index (κ3) is 4.58. The van der Waals surface area contributed by atoms with Crippen LogP contribution in [0.15, 0.2) is 0 Å². The number of carbonyl (C=O) groups excluding carboxylic acids is 1. The Hall–Kier alpha value is -0.610. The van der Waals surface area contributed by atoms with Gasteiger partial charge in [-0.05, 0) is 52.1 Å². The van der Waals surface area contributed by atoms with Gasteiger partial charge in [-0.3, -0.25) is 4.79 Å². The second-order valence-electron chi connectivity index (χ2n) is 5.62. The fraction of sp³-hybridized carbons (Fsp3) is 0.929. The number of rotatable bonds is 5. The Morgan fingerprint density at radius 3 is 2.72 bits per heavy atom. The number of hydrogen-bond donors (Lipinski definition) is 1. The molecule has 106 valence electrons. The van der Waals surface area contributed by atoms with E-state index in [0.29, 0.717) is 13.2 Å². The van der Waals surface area contributed by atoms with E-state index in [0.717, 1.165) is 19.0 Å². The lowest BCUT2D eigenvalue weighted by Gasteiger charge is -2.30. The van der Waals surface area contributed by atoms with Crippen LogP contribution in [0.25, 0.3) is 0 Å². The summed E-state index contributed by atoms with van der Waals surface area (Å²) >= 11 is 0. The summed E-state index contributed by atoms with van der Waals surface area (Å²) in [7, 11) is 0. The molecule has 0 aromatic carbocycles. The van der Waals surface area contributed by atoms with Gasteiger partial charge in [-0.2, -0.15) is 0 Å². The molecule has 0 aromatic heterocycles. The molecule has 0 radical (unpaired) electrons. The maximum Gasteiger partial charge on any atom is 0.327 e. The lowest BCUT2D eigenvalue weighted by molar-refractivity contribution is -0.149. The number of ether oxygens (including phenoxy) is 1. The van der Waals surface area contributed by atoms with E-state index in [4.69, 9.17) is 10.5 Å². The molecule has 1 saturated heterocycles. The molecule has 1 heterocycles. The summed E-state index contributed by atoms with van der Waals surface area (Å²) in [6.45, 7) is 8.92. The van der Waals surface area contributed by atoms with Gasteiger partial charge in [0.05, 0.1) is 6.61 Å². The lowest BCUT2D eigenvalue weighted by Crippen LogP contribution is -2.54. The van der Waals surface area contributed by atoms with Crippen molar-refractivity contribution in [2.75, 3.05) is 26.2 Å². The summed E-state index contributed by atoms with van der Waals surface area (Å²) in [6.07, 6.45) is 4.98. The van der Waals surface area contributed by atoms with Crippen LogP contribution in [0.5, 0.6) is 0 Å². The van der Waals surface area contributed by atoms with Crippen LogP contribution in [0.2, 0.25) is 0 Å². The van der Waals surface area contributed by atoms with Crippen molar-refractivity contribution in [2.24, 2.45) is 11.7 Å². The van der Waals surface area contributed by atoms with Crippen molar-refractivity contribution < 1.29 is 9.53 Å². The van der Waals surface area contributed by atoms with Gasteiger partial charge < -0.3 is 15.4 Å². The third-order valence-corrected chi connectivity index (χ3v) is 3.81. The first-order valence-corrected chi connectivity index (χ1v) is 7.18. The second-order valence-corrected chi connectivity index (χ2v) is 5.62. The molecule has 0 amide bonds. The largest absolute Gasteiger partial charge is 0.465 e. The molecule has 1 fully saturated rings. The minimum absolute atomic E-state index is 0.290. The van der Waals surface area contributed by atoms with E-state index in [1.165, 1.54) is 25.7 Å². The number of nitrogens with two attached hydrogens (primary N) is 1. The Bertz CT molecular complexity index is 267. The van der Waals surface area contributed by atoms with Gasteiger partial charge in [0.15, 0.2) is 0 Å². The molecule has 2 N–H and O–H groups in total. The summed E-state index contributed by atoms with van der Waals surface area (Å²) in [6, 6.07) is 0. The standard InChI is InChI=1S/C14H28N2O2/c1-4-12-7-6-9-16(10-8-12)11-14(3,15)13(17)18-5-2/h12H,4-11,15H2,1-3H3. The van der Waals surface area contributed by atoms with Crippen LogP contribution in [-0.4, -0.2) is 42.6 Å². The third-order valence-electron chi connectivity index (χ3n) is 3.81. The summed E-state index contributed by atoms with van der Waals surface area (Å²) in [5, 5.41) is 0. The maximum atomic E-state index is 11.8. The van der Waals surface area contributed by atoms with Gasteiger partial charge in [-0.25, -0.2) is 0 Å². The first-order valence-electron chi connectivity index (χ1n) is 7.18. The van der Waals surface area contributed by atoms with E-state index in [2.05, 4.69) is 11.8 Å². The van der Waals surface area contributed by atoms with Crippen molar-refractivity contribution in [3.8, 4) is 0 Å². The van der Waals surface area contributed by atoms with Crippen LogP contribution in [-0.2, 0) is 9.53 Å². The normalized spacial score (nSPS) is 25.2. The van der Waals surface area contributed by atoms with E-state index in [1.807, 2.05) is 6.92 Å². The van der Waals surface area contributed by atoms with Crippen LogP contribution in [0.1, 0.15) is 46.5 Å². The van der Waals surface area contributed by atoms with Crippen LogP contribution in [0.3, 0.4) is 0 Å². The minimum atomic E-state index is -0.887. The molecular weight excluding hydrogens is 228 g/mol. The number of nitrogens with zero attached hydrogens (tertiary/aromatic N) is 1. The number of likely N-dealkylation sites (tertiary alicyclic amines) is 1. The molecule has 1 rings (SSSR count). The Balaban J connectivity index is 2.48. The summed E-state index contributed by atoms with van der Waals surface area (Å²) < 4.78 is 5.03. The van der Waals surface area contributed by atoms with Gasteiger partial charge in [0, 0.05) is 6.54 Å². The van der Waals surface area contributed by atoms with Crippen LogP contribution < -0.4 is 5.73 Å². The van der Waals surface area contributed by atoms with E-state index in [1.54, 1.807) is 6.92 Å². The molecule has 4 heteroatoms. The monoisotopic (exact) mass is 256 g/mol. The number of hydrogen-bond acceptors (Lipinski definition) is 4. The molecule has 2 unspecified atom stereocenters. The second kappa shape index (κ2) is 7.10. The first kappa shape index (κ1) is 15.4. The molecular formula is C14H28N2O2. The zero-order chi connectivity index (χ0) is 13.6. The Kier molecular flexibility index (Phi) is 6.09. The zero-order valence-electron chi connectivity index (χ0n) is 12.1. The number of carbonyl (C=O) groups is 1. The van der Waals surface area contributed by atoms with Gasteiger partial charge in [0.2, 0.25) is 0 Å². The van der Waals surface area contributed by atoms with Crippen molar-refractivity contribution in [2.45, 2.75) is 52.0 Å². The highest BCUT2D eigenvalue weighted by Crippen LogP contribution is 2.21. The Labute approximate surface area is 111 Å². The van der Waals surface area contributed by atoms with Crippen LogP contribution in [0.4, 0.5) is 0 Å². The average molecular weight is 256 g/mol. The van der Waals surface area contributed by atoms with Crippen molar-refractivity contribution in [3.63, 3.8) is 0 Å². The van der Waals surface area contributed by atoms with Crippen molar-refractivity contribution in [1.29, 1.82) is 0 Å². The van der Waals surface area contributed by atoms with Gasteiger partial charge in [-0.1, -0.05) is 13.3 Å². The highest BCUT2D eigenvalue weighted by molar-refractivity contribution is 5.80. The fourth-order valence-corrected chi connectivity index (χ4v) is 2.62.